The van der Waals surface area contributed by atoms with Gasteiger partial charge in [0, 0.05) is 22.4 Å². The Balaban J connectivity index is 2.43. The first-order chi connectivity index (χ1) is 9.41. The van der Waals surface area contributed by atoms with Crippen LogP contribution in [0.3, 0.4) is 0 Å². The number of thiazole rings is 1. The summed E-state index contributed by atoms with van der Waals surface area (Å²) in [6.45, 7) is 10.5. The average molecular weight is 290 g/mol. The smallest absolute Gasteiger partial charge is 0.124 e. The number of phenolic OH excluding ortho intramolecular Hbond substituents is 1. The number of hydrogen-bond donors (Lipinski definition) is 2. The molecule has 2 N–H and O–H groups in total. The van der Waals surface area contributed by atoms with Crippen molar-refractivity contribution >= 4 is 11.3 Å². The third-order valence-corrected chi connectivity index (χ3v) is 4.14. The molecule has 0 spiro atoms. The molecule has 0 aliphatic carbocycles. The molecule has 0 aliphatic rings. The van der Waals surface area contributed by atoms with Crippen LogP contribution < -0.4 is 5.32 Å². The minimum atomic E-state index is 0.0241. The molecule has 0 fully saturated rings. The van der Waals surface area contributed by atoms with Crippen molar-refractivity contribution in [1.29, 1.82) is 0 Å². The first kappa shape index (κ1) is 15.0. The summed E-state index contributed by atoms with van der Waals surface area (Å²) in [5.74, 6) is 0.281. The number of benzene rings is 1. The second-order valence-corrected chi connectivity index (χ2v) is 6.96. The van der Waals surface area contributed by atoms with Gasteiger partial charge >= 0.3 is 0 Å². The summed E-state index contributed by atoms with van der Waals surface area (Å²) in [6.07, 6.45) is 0. The molecule has 2 aromatic rings. The van der Waals surface area contributed by atoms with E-state index in [4.69, 9.17) is 4.98 Å². The highest BCUT2D eigenvalue weighted by atomic mass is 32.1. The molecule has 0 atom stereocenters. The van der Waals surface area contributed by atoms with Crippen LogP contribution in [-0.2, 0) is 12.0 Å². The molecule has 1 aromatic heterocycles. The molecule has 0 saturated heterocycles. The molecule has 0 saturated carbocycles. The summed E-state index contributed by atoms with van der Waals surface area (Å²) in [6, 6.07) is 7.29. The number of rotatable bonds is 4. The highest BCUT2D eigenvalue weighted by Crippen LogP contribution is 2.35. The quantitative estimate of drug-likeness (QED) is 0.897. The highest BCUT2D eigenvalue weighted by Gasteiger charge is 2.23. The number of nitrogens with one attached hydrogen (secondary N) is 1. The van der Waals surface area contributed by atoms with Crippen molar-refractivity contribution in [2.45, 2.75) is 39.7 Å². The van der Waals surface area contributed by atoms with E-state index in [9.17, 15) is 5.11 Å². The Hall–Kier alpha value is -1.39. The topological polar surface area (TPSA) is 45.1 Å². The Kier molecular flexibility index (Phi) is 4.45. The normalized spacial score (nSPS) is 11.8. The average Bonchev–Trinajstić information content (AvgIpc) is 2.80. The molecular weight excluding hydrogens is 268 g/mol. The molecular formula is C16H22N2OS. The van der Waals surface area contributed by atoms with E-state index in [0.29, 0.717) is 0 Å². The van der Waals surface area contributed by atoms with E-state index >= 15 is 0 Å². The lowest BCUT2D eigenvalue weighted by molar-refractivity contribution is 0.475. The predicted octanol–water partition coefficient (Wildman–Crippen LogP) is 3.92. The number of phenols is 1. The van der Waals surface area contributed by atoms with E-state index in [1.165, 1.54) is 4.88 Å². The SMILES string of the molecule is CCNCc1sc(-c2cccc(O)c2)nc1C(C)(C)C. The molecule has 20 heavy (non-hydrogen) atoms. The van der Waals surface area contributed by atoms with Crippen LogP contribution in [0.2, 0.25) is 0 Å². The zero-order valence-electron chi connectivity index (χ0n) is 12.5. The zero-order chi connectivity index (χ0) is 14.8. The van der Waals surface area contributed by atoms with Gasteiger partial charge in [0.25, 0.3) is 0 Å². The van der Waals surface area contributed by atoms with E-state index in [0.717, 1.165) is 29.4 Å². The molecule has 1 aromatic carbocycles. The van der Waals surface area contributed by atoms with Crippen molar-refractivity contribution in [3.63, 3.8) is 0 Å². The first-order valence-electron chi connectivity index (χ1n) is 6.92. The van der Waals surface area contributed by atoms with Gasteiger partial charge in [-0.2, -0.15) is 0 Å². The van der Waals surface area contributed by atoms with Crippen LogP contribution in [-0.4, -0.2) is 16.6 Å². The predicted molar refractivity (Wildman–Crippen MR) is 85.3 cm³/mol. The maximum absolute atomic E-state index is 9.62. The lowest BCUT2D eigenvalue weighted by Gasteiger charge is -2.17. The third kappa shape index (κ3) is 3.38. The van der Waals surface area contributed by atoms with Crippen LogP contribution >= 0.6 is 11.3 Å². The summed E-state index contributed by atoms with van der Waals surface area (Å²) >= 11 is 1.70. The summed E-state index contributed by atoms with van der Waals surface area (Å²) in [4.78, 5) is 6.09. The molecule has 108 valence electrons. The molecule has 0 radical (unpaired) electrons. The number of hydrogen-bond acceptors (Lipinski definition) is 4. The van der Waals surface area contributed by atoms with Crippen molar-refractivity contribution < 1.29 is 5.11 Å². The van der Waals surface area contributed by atoms with Crippen molar-refractivity contribution in [3.05, 3.63) is 34.8 Å². The maximum atomic E-state index is 9.62. The standard InChI is InChI=1S/C16H22N2OS/c1-5-17-10-13-14(16(2,3)4)18-15(20-13)11-7-6-8-12(19)9-11/h6-9,17,19H,5,10H2,1-4H3. The molecule has 0 aliphatic heterocycles. The van der Waals surface area contributed by atoms with Crippen LogP contribution in [0.5, 0.6) is 5.75 Å². The van der Waals surface area contributed by atoms with Crippen LogP contribution in [0.1, 0.15) is 38.3 Å². The van der Waals surface area contributed by atoms with Crippen molar-refractivity contribution in [2.24, 2.45) is 0 Å². The van der Waals surface area contributed by atoms with Gasteiger partial charge in [-0.15, -0.1) is 11.3 Å². The number of nitrogens with zero attached hydrogens (tertiary/aromatic N) is 1. The zero-order valence-corrected chi connectivity index (χ0v) is 13.3. The lowest BCUT2D eigenvalue weighted by atomic mass is 9.91. The molecule has 0 bridgehead atoms. The van der Waals surface area contributed by atoms with E-state index in [1.54, 1.807) is 23.5 Å². The summed E-state index contributed by atoms with van der Waals surface area (Å²) in [5, 5.41) is 14.0. The molecule has 3 nitrogen and oxygen atoms in total. The van der Waals surface area contributed by atoms with E-state index in [-0.39, 0.29) is 11.2 Å². The number of aromatic nitrogens is 1. The fraction of sp³-hybridized carbons (Fsp3) is 0.438. The van der Waals surface area contributed by atoms with Gasteiger partial charge in [-0.25, -0.2) is 4.98 Å². The Labute approximate surface area is 124 Å². The Morgan fingerprint density at radius 1 is 1.30 bits per heavy atom. The van der Waals surface area contributed by atoms with Gasteiger partial charge in [0.2, 0.25) is 0 Å². The van der Waals surface area contributed by atoms with Gasteiger partial charge in [-0.1, -0.05) is 39.8 Å². The fourth-order valence-electron chi connectivity index (χ4n) is 2.06. The Morgan fingerprint density at radius 3 is 2.65 bits per heavy atom. The van der Waals surface area contributed by atoms with E-state index in [1.807, 2.05) is 12.1 Å². The minimum absolute atomic E-state index is 0.0241. The Bertz CT molecular complexity index is 584. The third-order valence-electron chi connectivity index (χ3n) is 3.04. The van der Waals surface area contributed by atoms with Gasteiger partial charge in [-0.3, -0.25) is 0 Å². The fourth-order valence-corrected chi connectivity index (χ4v) is 3.30. The van der Waals surface area contributed by atoms with Gasteiger partial charge in [0.05, 0.1) is 5.69 Å². The van der Waals surface area contributed by atoms with Gasteiger partial charge in [-0.05, 0) is 18.7 Å². The number of aromatic hydroxyl groups is 1. The van der Waals surface area contributed by atoms with Crippen LogP contribution in [0.25, 0.3) is 10.6 Å². The van der Waals surface area contributed by atoms with Crippen molar-refractivity contribution in [3.8, 4) is 16.3 Å². The summed E-state index contributed by atoms with van der Waals surface area (Å²) < 4.78 is 0. The lowest BCUT2D eigenvalue weighted by Crippen LogP contribution is -2.18. The molecule has 2 rings (SSSR count). The maximum Gasteiger partial charge on any atom is 0.124 e. The second-order valence-electron chi connectivity index (χ2n) is 5.87. The molecule has 0 amide bonds. The van der Waals surface area contributed by atoms with Gasteiger partial charge in [0.1, 0.15) is 10.8 Å². The largest absolute Gasteiger partial charge is 0.508 e. The highest BCUT2D eigenvalue weighted by molar-refractivity contribution is 7.15. The van der Waals surface area contributed by atoms with Crippen molar-refractivity contribution in [2.75, 3.05) is 6.54 Å². The minimum Gasteiger partial charge on any atom is -0.508 e. The van der Waals surface area contributed by atoms with Gasteiger partial charge in [0.15, 0.2) is 0 Å². The molecule has 1 heterocycles. The summed E-state index contributed by atoms with van der Waals surface area (Å²) in [5.41, 5.74) is 2.14. The van der Waals surface area contributed by atoms with Gasteiger partial charge < -0.3 is 10.4 Å². The first-order valence-corrected chi connectivity index (χ1v) is 7.73. The van der Waals surface area contributed by atoms with E-state index in [2.05, 4.69) is 33.0 Å². The molecule has 4 heteroatoms. The molecule has 0 unspecified atom stereocenters. The Morgan fingerprint density at radius 2 is 2.05 bits per heavy atom. The van der Waals surface area contributed by atoms with Crippen LogP contribution in [0, 0.1) is 0 Å². The monoisotopic (exact) mass is 290 g/mol. The van der Waals surface area contributed by atoms with Crippen LogP contribution in [0.15, 0.2) is 24.3 Å². The second kappa shape index (κ2) is 5.94. The summed E-state index contributed by atoms with van der Waals surface area (Å²) in [7, 11) is 0. The van der Waals surface area contributed by atoms with Crippen LogP contribution in [0.4, 0.5) is 0 Å². The van der Waals surface area contributed by atoms with Crippen molar-refractivity contribution in [1.82, 2.24) is 10.3 Å². The van der Waals surface area contributed by atoms with E-state index < -0.39 is 0 Å².